The minimum atomic E-state index is -3.22. The quantitative estimate of drug-likeness (QED) is 0.370. The van der Waals surface area contributed by atoms with Crippen molar-refractivity contribution >= 4 is 37.3 Å². The fourth-order valence-electron chi connectivity index (χ4n) is 3.83. The van der Waals surface area contributed by atoms with Crippen molar-refractivity contribution in [3.63, 3.8) is 0 Å². The predicted molar refractivity (Wildman–Crippen MR) is 130 cm³/mol. The third-order valence-electron chi connectivity index (χ3n) is 5.67. The second-order valence-electron chi connectivity index (χ2n) is 8.84. The van der Waals surface area contributed by atoms with Crippen LogP contribution in [0, 0.1) is 17.1 Å². The molecule has 0 atom stereocenters. The lowest BCUT2D eigenvalue weighted by Gasteiger charge is -2.06. The van der Waals surface area contributed by atoms with Crippen molar-refractivity contribution in [1.29, 1.82) is 5.26 Å². The predicted octanol–water partition coefficient (Wildman–Crippen LogP) is 3.34. The molecule has 0 spiro atoms. The number of carbonyl (C=O) groups is 1. The second-order valence-corrected chi connectivity index (χ2v) is 12.1. The van der Waals surface area contributed by atoms with Crippen molar-refractivity contribution in [2.45, 2.75) is 37.0 Å². The highest BCUT2D eigenvalue weighted by Crippen LogP contribution is 2.35. The Morgan fingerprint density at radius 3 is 2.75 bits per heavy atom. The molecule has 0 radical (unpaired) electrons. The number of rotatable bonds is 8. The number of aromatic nitrogens is 3. The number of carbonyl (C=O) groups excluding carboxylic acids is 1. The van der Waals surface area contributed by atoms with E-state index in [1.165, 1.54) is 0 Å². The van der Waals surface area contributed by atoms with Gasteiger partial charge in [-0.2, -0.15) is 5.26 Å². The van der Waals surface area contributed by atoms with Gasteiger partial charge in [0.15, 0.2) is 9.84 Å². The first-order valence-electron chi connectivity index (χ1n) is 11.0. The molecule has 1 aliphatic rings. The Balaban J connectivity index is 1.33. The zero-order valence-corrected chi connectivity index (χ0v) is 20.7. The van der Waals surface area contributed by atoms with Gasteiger partial charge in [-0.25, -0.2) is 17.8 Å². The molecule has 1 fully saturated rings. The lowest BCUT2D eigenvalue weighted by Crippen LogP contribution is -2.36. The number of nitrogens with zero attached hydrogens (tertiary/aromatic N) is 4. The highest BCUT2D eigenvalue weighted by atomic mass is 32.2. The number of hydrogen-bond donors (Lipinski definition) is 1. The number of benzene rings is 2. The number of hydrogen-bond acceptors (Lipinski definition) is 9. The van der Waals surface area contributed by atoms with Crippen LogP contribution in [0.1, 0.15) is 35.2 Å². The molecule has 0 bridgehead atoms. The molecule has 0 unspecified atom stereocenters. The SMILES string of the molecule is CS(=O)(=O)Cc1cccc(-c2ccc3nc(Cc4nnc(CC(=O)NC5(C#N)CC5)o4)sc3c2F)c1. The maximum Gasteiger partial charge on any atom is 0.230 e. The lowest BCUT2D eigenvalue weighted by atomic mass is 10.0. The topological polar surface area (TPSA) is 139 Å². The molecule has 12 heteroatoms. The van der Waals surface area contributed by atoms with E-state index in [2.05, 4.69) is 26.6 Å². The molecule has 0 saturated heterocycles. The summed E-state index contributed by atoms with van der Waals surface area (Å²) in [6.45, 7) is 0. The summed E-state index contributed by atoms with van der Waals surface area (Å²) in [5.41, 5.74) is 1.23. The molecule has 0 aliphatic heterocycles. The lowest BCUT2D eigenvalue weighted by molar-refractivity contribution is -0.121. The van der Waals surface area contributed by atoms with Gasteiger partial charge in [-0.15, -0.1) is 21.5 Å². The van der Waals surface area contributed by atoms with Crippen LogP contribution in [0.15, 0.2) is 40.8 Å². The molecule has 2 heterocycles. The van der Waals surface area contributed by atoms with E-state index in [-0.39, 0.29) is 36.3 Å². The number of thiazole rings is 1. The van der Waals surface area contributed by atoms with Crippen LogP contribution < -0.4 is 5.32 Å². The number of sulfone groups is 1. The van der Waals surface area contributed by atoms with Crippen LogP contribution in [0.5, 0.6) is 0 Å². The zero-order valence-electron chi connectivity index (χ0n) is 19.1. The van der Waals surface area contributed by atoms with Gasteiger partial charge in [-0.1, -0.05) is 24.3 Å². The van der Waals surface area contributed by atoms with Crippen LogP contribution in [0.2, 0.25) is 0 Å². The Kier molecular flexibility index (Phi) is 6.05. The van der Waals surface area contributed by atoms with E-state index < -0.39 is 21.2 Å². The molecular formula is C24H20FN5O4S2. The Morgan fingerprint density at radius 2 is 2.03 bits per heavy atom. The highest BCUT2D eigenvalue weighted by Gasteiger charge is 2.44. The minimum absolute atomic E-state index is 0.123. The first-order valence-corrected chi connectivity index (χ1v) is 13.9. The van der Waals surface area contributed by atoms with Gasteiger partial charge in [0.25, 0.3) is 0 Å². The van der Waals surface area contributed by atoms with Crippen molar-refractivity contribution in [2.75, 3.05) is 6.26 Å². The molecule has 1 N–H and O–H groups in total. The molecular weight excluding hydrogens is 505 g/mol. The number of nitriles is 1. The van der Waals surface area contributed by atoms with Crippen LogP contribution >= 0.6 is 11.3 Å². The van der Waals surface area contributed by atoms with Crippen molar-refractivity contribution in [3.8, 4) is 17.2 Å². The number of fused-ring (bicyclic) bond motifs is 1. The first-order chi connectivity index (χ1) is 17.1. The van der Waals surface area contributed by atoms with Crippen LogP contribution in [-0.2, 0) is 33.2 Å². The summed E-state index contributed by atoms with van der Waals surface area (Å²) in [6, 6.07) is 12.2. The average molecular weight is 526 g/mol. The Hall–Kier alpha value is -3.69. The second kappa shape index (κ2) is 9.07. The summed E-state index contributed by atoms with van der Waals surface area (Å²) < 4.78 is 44.6. The van der Waals surface area contributed by atoms with Crippen molar-refractivity contribution in [2.24, 2.45) is 0 Å². The fraction of sp³-hybridized carbons (Fsp3) is 0.292. The van der Waals surface area contributed by atoms with Gasteiger partial charge >= 0.3 is 0 Å². The number of nitrogens with one attached hydrogen (secondary N) is 1. The highest BCUT2D eigenvalue weighted by molar-refractivity contribution is 7.89. The van der Waals surface area contributed by atoms with Gasteiger partial charge in [0.1, 0.15) is 22.8 Å². The Labute approximate surface area is 209 Å². The monoisotopic (exact) mass is 525 g/mol. The molecule has 2 aromatic heterocycles. The van der Waals surface area contributed by atoms with Gasteiger partial charge in [0.2, 0.25) is 17.7 Å². The maximum atomic E-state index is 15.4. The summed E-state index contributed by atoms with van der Waals surface area (Å²) in [5, 5.41) is 20.2. The van der Waals surface area contributed by atoms with Crippen LogP contribution in [0.3, 0.4) is 0 Å². The molecule has 1 aliphatic carbocycles. The van der Waals surface area contributed by atoms with Crippen LogP contribution in [0.4, 0.5) is 4.39 Å². The van der Waals surface area contributed by atoms with Crippen molar-refractivity contribution in [1.82, 2.24) is 20.5 Å². The first kappa shape index (κ1) is 24.0. The number of halogens is 1. The third kappa shape index (κ3) is 5.27. The summed E-state index contributed by atoms with van der Waals surface area (Å²) in [6.07, 6.45) is 2.46. The zero-order chi connectivity index (χ0) is 25.5. The molecule has 5 rings (SSSR count). The van der Waals surface area contributed by atoms with Crippen molar-refractivity contribution in [3.05, 3.63) is 64.6 Å². The summed E-state index contributed by atoms with van der Waals surface area (Å²) in [4.78, 5) is 16.6. The van der Waals surface area contributed by atoms with Gasteiger partial charge in [0.05, 0.1) is 28.5 Å². The van der Waals surface area contributed by atoms with Crippen molar-refractivity contribution < 1.29 is 22.0 Å². The van der Waals surface area contributed by atoms with Crippen LogP contribution in [-0.4, -0.2) is 41.3 Å². The van der Waals surface area contributed by atoms with Gasteiger partial charge < -0.3 is 9.73 Å². The summed E-state index contributed by atoms with van der Waals surface area (Å²) >= 11 is 1.16. The normalized spacial score (nSPS) is 14.5. The Bertz CT molecular complexity index is 1630. The molecule has 4 aromatic rings. The molecule has 9 nitrogen and oxygen atoms in total. The Morgan fingerprint density at radius 1 is 1.25 bits per heavy atom. The van der Waals surface area contributed by atoms with E-state index in [0.717, 1.165) is 17.6 Å². The van der Waals surface area contributed by atoms with Crippen LogP contribution in [0.25, 0.3) is 21.3 Å². The van der Waals surface area contributed by atoms with E-state index >= 15 is 4.39 Å². The van der Waals surface area contributed by atoms with E-state index in [1.54, 1.807) is 36.4 Å². The molecule has 2 aromatic carbocycles. The average Bonchev–Trinajstić information content (AvgIpc) is 3.23. The standard InChI is InChI=1S/C24H20FN5O4S2/c1-36(32,33)12-14-3-2-4-15(9-14)16-5-6-17-23(22(16)25)35-21(27-17)11-20-30-29-19(34-20)10-18(31)28-24(13-26)7-8-24/h2-6,9H,7-8,10-12H2,1H3,(H,28,31). The minimum Gasteiger partial charge on any atom is -0.424 e. The fourth-order valence-corrected chi connectivity index (χ4v) is 5.61. The maximum absolute atomic E-state index is 15.4. The summed E-state index contributed by atoms with van der Waals surface area (Å²) in [7, 11) is -3.22. The molecule has 36 heavy (non-hydrogen) atoms. The smallest absolute Gasteiger partial charge is 0.230 e. The van der Waals surface area contributed by atoms with Gasteiger partial charge in [0, 0.05) is 11.8 Å². The third-order valence-corrected chi connectivity index (χ3v) is 7.60. The van der Waals surface area contributed by atoms with E-state index in [9.17, 15) is 13.2 Å². The molecule has 1 amide bonds. The largest absolute Gasteiger partial charge is 0.424 e. The van der Waals surface area contributed by atoms with E-state index in [4.69, 9.17) is 9.68 Å². The van der Waals surface area contributed by atoms with Gasteiger partial charge in [-0.05, 0) is 36.1 Å². The number of amides is 1. The molecule has 1 saturated carbocycles. The van der Waals surface area contributed by atoms with E-state index in [1.807, 2.05) is 0 Å². The van der Waals surface area contributed by atoms with E-state index in [0.29, 0.717) is 44.8 Å². The summed E-state index contributed by atoms with van der Waals surface area (Å²) in [5.74, 6) is -0.559. The van der Waals surface area contributed by atoms with Gasteiger partial charge in [-0.3, -0.25) is 4.79 Å². The molecule has 184 valence electrons.